The molecule has 0 saturated carbocycles. The van der Waals surface area contributed by atoms with Crippen molar-refractivity contribution in [3.05, 3.63) is 23.7 Å². The van der Waals surface area contributed by atoms with E-state index < -0.39 is 17.7 Å². The second-order valence-corrected chi connectivity index (χ2v) is 7.38. The van der Waals surface area contributed by atoms with Crippen LogP contribution in [0, 0.1) is 0 Å². The normalized spacial score (nSPS) is 20.6. The SMILES string of the molecule is COC(=O)c1ccc(COCC2C(Cl)CCN2C(=O)OC(C)(C)C)o1. The van der Waals surface area contributed by atoms with Crippen molar-refractivity contribution < 1.29 is 28.2 Å². The Hall–Kier alpha value is -1.73. The molecule has 0 aliphatic carbocycles. The number of halogens is 1. The van der Waals surface area contributed by atoms with Gasteiger partial charge in [-0.2, -0.15) is 0 Å². The summed E-state index contributed by atoms with van der Waals surface area (Å²) >= 11 is 6.32. The number of hydrogen-bond acceptors (Lipinski definition) is 6. The minimum atomic E-state index is -0.564. The highest BCUT2D eigenvalue weighted by Gasteiger charge is 2.38. The lowest BCUT2D eigenvalue weighted by Gasteiger charge is -2.29. The third-order valence-corrected chi connectivity index (χ3v) is 4.18. The number of furan rings is 1. The Labute approximate surface area is 152 Å². The molecule has 1 fully saturated rings. The van der Waals surface area contributed by atoms with Crippen molar-refractivity contribution in [1.82, 2.24) is 4.90 Å². The van der Waals surface area contributed by atoms with Crippen LogP contribution in [0.4, 0.5) is 4.79 Å². The van der Waals surface area contributed by atoms with Gasteiger partial charge in [-0.15, -0.1) is 11.6 Å². The van der Waals surface area contributed by atoms with E-state index in [0.717, 1.165) is 0 Å². The summed E-state index contributed by atoms with van der Waals surface area (Å²) in [5.74, 6) is 0.0693. The molecule has 2 heterocycles. The first kappa shape index (κ1) is 19.6. The molecule has 2 rings (SSSR count). The molecule has 140 valence electrons. The molecule has 0 bridgehead atoms. The molecule has 1 saturated heterocycles. The summed E-state index contributed by atoms with van der Waals surface area (Å²) in [6.45, 7) is 6.41. The van der Waals surface area contributed by atoms with Crippen LogP contribution < -0.4 is 0 Å². The Bertz CT molecular complexity index is 609. The van der Waals surface area contributed by atoms with Crippen LogP contribution in [0.2, 0.25) is 0 Å². The van der Waals surface area contributed by atoms with Crippen molar-refractivity contribution in [2.75, 3.05) is 20.3 Å². The summed E-state index contributed by atoms with van der Waals surface area (Å²) in [6, 6.07) is 2.90. The standard InChI is InChI=1S/C17H24ClNO6/c1-17(2,3)25-16(21)19-8-7-12(18)13(19)10-23-9-11-5-6-14(24-11)15(20)22-4/h5-6,12-13H,7-10H2,1-4H3. The Kier molecular flexibility index (Phi) is 6.35. The third kappa shape index (κ3) is 5.37. The van der Waals surface area contributed by atoms with Crippen LogP contribution in [0.1, 0.15) is 43.5 Å². The summed E-state index contributed by atoms with van der Waals surface area (Å²) in [4.78, 5) is 25.2. The lowest BCUT2D eigenvalue weighted by molar-refractivity contribution is 0.00744. The van der Waals surface area contributed by atoms with E-state index in [1.165, 1.54) is 13.2 Å². The Morgan fingerprint density at radius 3 is 2.72 bits per heavy atom. The Morgan fingerprint density at radius 1 is 1.36 bits per heavy atom. The molecular weight excluding hydrogens is 350 g/mol. The molecule has 0 N–H and O–H groups in total. The summed E-state index contributed by atoms with van der Waals surface area (Å²) in [7, 11) is 1.28. The number of hydrogen-bond donors (Lipinski definition) is 0. The van der Waals surface area contributed by atoms with Gasteiger partial charge in [0.1, 0.15) is 18.0 Å². The fraction of sp³-hybridized carbons (Fsp3) is 0.647. The minimum absolute atomic E-state index is 0.118. The largest absolute Gasteiger partial charge is 0.463 e. The molecule has 0 radical (unpaired) electrons. The number of amides is 1. The highest BCUT2D eigenvalue weighted by molar-refractivity contribution is 6.21. The van der Waals surface area contributed by atoms with Crippen molar-refractivity contribution in [3.8, 4) is 0 Å². The fourth-order valence-electron chi connectivity index (χ4n) is 2.50. The van der Waals surface area contributed by atoms with Crippen LogP contribution in [-0.2, 0) is 20.8 Å². The molecule has 25 heavy (non-hydrogen) atoms. The van der Waals surface area contributed by atoms with Crippen LogP contribution in [0.25, 0.3) is 0 Å². The van der Waals surface area contributed by atoms with Crippen LogP contribution in [0.5, 0.6) is 0 Å². The molecule has 8 heteroatoms. The number of rotatable bonds is 5. The van der Waals surface area contributed by atoms with Crippen molar-refractivity contribution in [2.24, 2.45) is 0 Å². The zero-order chi connectivity index (χ0) is 18.6. The number of nitrogens with zero attached hydrogens (tertiary/aromatic N) is 1. The molecule has 1 aliphatic heterocycles. The molecule has 0 aromatic carbocycles. The van der Waals surface area contributed by atoms with Gasteiger partial charge in [0.25, 0.3) is 0 Å². The first-order valence-electron chi connectivity index (χ1n) is 8.09. The van der Waals surface area contributed by atoms with E-state index in [1.54, 1.807) is 11.0 Å². The smallest absolute Gasteiger partial charge is 0.410 e. The number of alkyl halides is 1. The van der Waals surface area contributed by atoms with Gasteiger partial charge in [0, 0.05) is 6.54 Å². The van der Waals surface area contributed by atoms with E-state index in [0.29, 0.717) is 18.7 Å². The van der Waals surface area contributed by atoms with E-state index in [9.17, 15) is 9.59 Å². The maximum Gasteiger partial charge on any atom is 0.410 e. The van der Waals surface area contributed by atoms with E-state index in [-0.39, 0.29) is 30.4 Å². The van der Waals surface area contributed by atoms with Gasteiger partial charge >= 0.3 is 12.1 Å². The summed E-state index contributed by atoms with van der Waals surface area (Å²) < 4.78 is 21.0. The van der Waals surface area contributed by atoms with Gasteiger partial charge in [-0.25, -0.2) is 9.59 Å². The van der Waals surface area contributed by atoms with Crippen molar-refractivity contribution >= 4 is 23.7 Å². The Morgan fingerprint density at radius 2 is 2.08 bits per heavy atom. The van der Waals surface area contributed by atoms with Crippen molar-refractivity contribution in [2.45, 2.75) is 50.8 Å². The molecule has 1 aliphatic rings. The molecule has 2 unspecified atom stereocenters. The van der Waals surface area contributed by atoms with Gasteiger partial charge in [-0.1, -0.05) is 0 Å². The van der Waals surface area contributed by atoms with E-state index in [1.807, 2.05) is 20.8 Å². The number of ether oxygens (including phenoxy) is 3. The Balaban J connectivity index is 1.88. The van der Waals surface area contributed by atoms with Gasteiger partial charge in [0.2, 0.25) is 5.76 Å². The van der Waals surface area contributed by atoms with Crippen LogP contribution >= 0.6 is 11.6 Å². The highest BCUT2D eigenvalue weighted by Crippen LogP contribution is 2.26. The summed E-state index contributed by atoms with van der Waals surface area (Å²) in [6.07, 6.45) is 0.289. The lowest BCUT2D eigenvalue weighted by atomic mass is 10.2. The number of likely N-dealkylation sites (tertiary alicyclic amines) is 1. The number of methoxy groups -OCH3 is 1. The molecule has 1 aromatic heterocycles. The minimum Gasteiger partial charge on any atom is -0.463 e. The topological polar surface area (TPSA) is 78.2 Å². The first-order chi connectivity index (χ1) is 11.7. The molecule has 2 atom stereocenters. The molecule has 1 amide bonds. The van der Waals surface area contributed by atoms with E-state index in [4.69, 9.17) is 25.5 Å². The predicted octanol–water partition coefficient (Wildman–Crippen LogP) is 3.20. The average Bonchev–Trinajstić information content (AvgIpc) is 3.12. The number of esters is 1. The van der Waals surface area contributed by atoms with Gasteiger partial charge in [0.15, 0.2) is 0 Å². The van der Waals surface area contributed by atoms with E-state index >= 15 is 0 Å². The van der Waals surface area contributed by atoms with Crippen molar-refractivity contribution in [1.29, 1.82) is 0 Å². The lowest BCUT2D eigenvalue weighted by Crippen LogP contribution is -2.44. The second kappa shape index (κ2) is 8.10. The summed E-state index contributed by atoms with van der Waals surface area (Å²) in [5.41, 5.74) is -0.564. The van der Waals surface area contributed by atoms with E-state index in [2.05, 4.69) is 4.74 Å². The van der Waals surface area contributed by atoms with Crippen molar-refractivity contribution in [3.63, 3.8) is 0 Å². The molecule has 0 spiro atoms. The zero-order valence-corrected chi connectivity index (χ0v) is 15.7. The number of carbonyl (C=O) groups is 2. The van der Waals surface area contributed by atoms with Gasteiger partial charge in [-0.3, -0.25) is 0 Å². The number of carbonyl (C=O) groups excluding carboxylic acids is 2. The van der Waals surface area contributed by atoms with Gasteiger partial charge in [-0.05, 0) is 39.3 Å². The van der Waals surface area contributed by atoms with Gasteiger partial charge < -0.3 is 23.5 Å². The third-order valence-electron chi connectivity index (χ3n) is 3.67. The quantitative estimate of drug-likeness (QED) is 0.582. The average molecular weight is 374 g/mol. The second-order valence-electron chi connectivity index (χ2n) is 6.82. The molecule has 1 aromatic rings. The zero-order valence-electron chi connectivity index (χ0n) is 14.9. The van der Waals surface area contributed by atoms with Crippen LogP contribution in [-0.4, -0.2) is 54.2 Å². The highest BCUT2D eigenvalue weighted by atomic mass is 35.5. The molecular formula is C17H24ClNO6. The predicted molar refractivity (Wildman–Crippen MR) is 90.7 cm³/mol. The first-order valence-corrected chi connectivity index (χ1v) is 8.53. The van der Waals surface area contributed by atoms with Crippen LogP contribution in [0.3, 0.4) is 0 Å². The molecule has 7 nitrogen and oxygen atoms in total. The maximum absolute atomic E-state index is 12.3. The van der Waals surface area contributed by atoms with Gasteiger partial charge in [0.05, 0.1) is 25.1 Å². The summed E-state index contributed by atoms with van der Waals surface area (Å²) in [5, 5.41) is -0.199. The van der Waals surface area contributed by atoms with Crippen LogP contribution in [0.15, 0.2) is 16.5 Å². The fourth-order valence-corrected chi connectivity index (χ4v) is 2.81. The maximum atomic E-state index is 12.3. The monoisotopic (exact) mass is 373 g/mol.